The first kappa shape index (κ1) is 31.5. The Morgan fingerprint density at radius 2 is 0.793 bits per heavy atom. The molecule has 0 radical (unpaired) electrons. The van der Waals surface area contributed by atoms with Gasteiger partial charge < -0.3 is 8.83 Å². The first-order valence-electron chi connectivity index (χ1n) is 19.9. The van der Waals surface area contributed by atoms with Crippen LogP contribution in [0.4, 0.5) is 0 Å². The molecular weight excluding hydrogens is 705 g/mol. The molecule has 13 aromatic rings. The summed E-state index contributed by atoms with van der Waals surface area (Å²) in [4.78, 5) is 0. The van der Waals surface area contributed by atoms with Gasteiger partial charge in [0.05, 0.1) is 0 Å². The Labute approximate surface area is 332 Å². The lowest BCUT2D eigenvalue weighted by Gasteiger charge is -2.20. The molecule has 0 unspecified atom stereocenters. The van der Waals surface area contributed by atoms with E-state index in [0.29, 0.717) is 0 Å². The summed E-state index contributed by atoms with van der Waals surface area (Å²) in [6, 6.07) is 70.5. The van der Waals surface area contributed by atoms with E-state index in [2.05, 4.69) is 182 Å². The van der Waals surface area contributed by atoms with Gasteiger partial charge in [-0.05, 0) is 118 Å². The Kier molecular flexibility index (Phi) is 6.47. The van der Waals surface area contributed by atoms with Gasteiger partial charge in [-0.25, -0.2) is 0 Å². The molecule has 2 heteroatoms. The van der Waals surface area contributed by atoms with Gasteiger partial charge in [-0.15, -0.1) is 0 Å². The van der Waals surface area contributed by atoms with Gasteiger partial charge in [-0.3, -0.25) is 0 Å². The van der Waals surface area contributed by atoms with E-state index in [1.54, 1.807) is 0 Å². The van der Waals surface area contributed by atoms with Crippen molar-refractivity contribution in [3.63, 3.8) is 0 Å². The number of para-hydroxylation sites is 1. The molecule has 58 heavy (non-hydrogen) atoms. The van der Waals surface area contributed by atoms with Gasteiger partial charge in [0.2, 0.25) is 0 Å². The van der Waals surface area contributed by atoms with Crippen LogP contribution in [0.15, 0.2) is 203 Å². The molecule has 2 heterocycles. The average molecular weight is 737 g/mol. The third kappa shape index (κ3) is 4.43. The summed E-state index contributed by atoms with van der Waals surface area (Å²) in [5, 5.41) is 16.6. The molecule has 11 aromatic carbocycles. The highest BCUT2D eigenvalue weighted by molar-refractivity contribution is 6.26. The molecule has 0 bridgehead atoms. The molecule has 0 N–H and O–H groups in total. The zero-order valence-electron chi connectivity index (χ0n) is 31.3. The van der Waals surface area contributed by atoms with Crippen molar-refractivity contribution in [3.05, 3.63) is 194 Å². The smallest absolute Gasteiger partial charge is 0.143 e. The van der Waals surface area contributed by atoms with Crippen molar-refractivity contribution < 1.29 is 8.83 Å². The maximum absolute atomic E-state index is 6.54. The zero-order chi connectivity index (χ0) is 37.9. The van der Waals surface area contributed by atoms with Crippen LogP contribution >= 0.6 is 0 Å². The minimum absolute atomic E-state index is 0.860. The van der Waals surface area contributed by atoms with Crippen molar-refractivity contribution in [1.29, 1.82) is 0 Å². The highest BCUT2D eigenvalue weighted by Gasteiger charge is 2.21. The number of fused-ring (bicyclic) bond motifs is 12. The number of hydrogen-bond donors (Lipinski definition) is 0. The van der Waals surface area contributed by atoms with E-state index >= 15 is 0 Å². The van der Waals surface area contributed by atoms with Gasteiger partial charge >= 0.3 is 0 Å². The first-order valence-corrected chi connectivity index (χ1v) is 19.9. The summed E-state index contributed by atoms with van der Waals surface area (Å²) < 4.78 is 12.9. The third-order valence-corrected chi connectivity index (χ3v) is 12.4. The lowest BCUT2D eigenvalue weighted by molar-refractivity contribution is 0.667. The van der Waals surface area contributed by atoms with Crippen LogP contribution in [0.2, 0.25) is 0 Å². The third-order valence-electron chi connectivity index (χ3n) is 12.4. The van der Waals surface area contributed by atoms with Gasteiger partial charge in [-0.1, -0.05) is 158 Å². The molecule has 0 fully saturated rings. The van der Waals surface area contributed by atoms with Gasteiger partial charge in [0.15, 0.2) is 0 Å². The molecule has 0 amide bonds. The van der Waals surface area contributed by atoms with E-state index in [9.17, 15) is 0 Å². The van der Waals surface area contributed by atoms with E-state index in [1.165, 1.54) is 70.9 Å². The monoisotopic (exact) mass is 736 g/mol. The zero-order valence-corrected chi connectivity index (χ0v) is 31.3. The minimum Gasteiger partial charge on any atom is -0.456 e. The second kappa shape index (κ2) is 11.9. The SMILES string of the molecule is c1ccc2c(-c3c4ccccc4c(-c4ccc(-c5ccc6oc7cc8c(ccc9c%10ccccc%10oc89)cc7c6c5)c5ccccc45)c4ccccc34)cccc2c1. The van der Waals surface area contributed by atoms with Crippen molar-refractivity contribution in [2.75, 3.05) is 0 Å². The largest absolute Gasteiger partial charge is 0.456 e. The summed E-state index contributed by atoms with van der Waals surface area (Å²) in [6.07, 6.45) is 0. The van der Waals surface area contributed by atoms with Crippen molar-refractivity contribution in [1.82, 2.24) is 0 Å². The van der Waals surface area contributed by atoms with Crippen LogP contribution in [0.1, 0.15) is 0 Å². The van der Waals surface area contributed by atoms with Gasteiger partial charge in [0, 0.05) is 26.9 Å². The molecule has 0 saturated carbocycles. The highest BCUT2D eigenvalue weighted by atomic mass is 16.3. The molecule has 268 valence electrons. The molecule has 0 aliphatic carbocycles. The summed E-state index contributed by atoms with van der Waals surface area (Å²) in [5.41, 5.74) is 10.9. The predicted molar refractivity (Wildman–Crippen MR) is 245 cm³/mol. The Morgan fingerprint density at radius 1 is 0.241 bits per heavy atom. The maximum Gasteiger partial charge on any atom is 0.143 e. The van der Waals surface area contributed by atoms with Gasteiger partial charge in [0.1, 0.15) is 22.3 Å². The van der Waals surface area contributed by atoms with Crippen LogP contribution in [0.25, 0.3) is 131 Å². The fourth-order valence-electron chi connectivity index (χ4n) is 9.87. The molecule has 2 nitrogen and oxygen atoms in total. The fraction of sp³-hybridized carbons (Fsp3) is 0. The normalized spacial score (nSPS) is 12.1. The predicted octanol–water partition coefficient (Wildman–Crippen LogP) is 16.3. The quantitative estimate of drug-likeness (QED) is 0.169. The second-order valence-electron chi connectivity index (χ2n) is 15.5. The molecule has 2 aromatic heterocycles. The van der Waals surface area contributed by atoms with E-state index < -0.39 is 0 Å². The molecule has 0 aliphatic rings. The molecule has 0 spiro atoms. The van der Waals surface area contributed by atoms with Crippen LogP contribution in [0, 0.1) is 0 Å². The first-order chi connectivity index (χ1) is 28.8. The Morgan fingerprint density at radius 3 is 1.53 bits per heavy atom. The Bertz CT molecular complexity index is 3800. The Hall–Kier alpha value is -7.68. The van der Waals surface area contributed by atoms with Crippen molar-refractivity contribution in [2.45, 2.75) is 0 Å². The lowest BCUT2D eigenvalue weighted by atomic mass is 9.83. The second-order valence-corrected chi connectivity index (χ2v) is 15.5. The lowest BCUT2D eigenvalue weighted by Crippen LogP contribution is -1.93. The number of benzene rings is 11. The molecule has 13 rings (SSSR count). The number of rotatable bonds is 3. The molecule has 0 aliphatic heterocycles. The van der Waals surface area contributed by atoms with E-state index in [4.69, 9.17) is 8.83 Å². The number of furan rings is 2. The van der Waals surface area contributed by atoms with Crippen molar-refractivity contribution in [3.8, 4) is 33.4 Å². The summed E-state index contributed by atoms with van der Waals surface area (Å²) in [5.74, 6) is 0. The van der Waals surface area contributed by atoms with Crippen LogP contribution < -0.4 is 0 Å². The minimum atomic E-state index is 0.860. The van der Waals surface area contributed by atoms with Crippen LogP contribution in [-0.2, 0) is 0 Å². The van der Waals surface area contributed by atoms with Crippen LogP contribution in [0.5, 0.6) is 0 Å². The number of hydrogen-bond acceptors (Lipinski definition) is 2. The van der Waals surface area contributed by atoms with Crippen molar-refractivity contribution in [2.24, 2.45) is 0 Å². The Balaban J connectivity index is 1.02. The van der Waals surface area contributed by atoms with E-state index in [1.807, 2.05) is 12.1 Å². The topological polar surface area (TPSA) is 26.3 Å². The standard InChI is InChI=1S/C56H32O2/c1-2-14-36-33(12-1)13-11-22-41(36)54-42-18-5-7-20-44(42)55(45-21-8-6-19-43(45)54)46-28-27-37(38-15-3-4-16-39(38)46)34-25-29-52-49(30-34)50-31-35-24-26-47-40-17-9-10-23-51(40)58-56(47)48(35)32-53(50)57-52/h1-32H. The summed E-state index contributed by atoms with van der Waals surface area (Å²) >= 11 is 0. The van der Waals surface area contributed by atoms with Crippen molar-refractivity contribution >= 4 is 97.7 Å². The summed E-state index contributed by atoms with van der Waals surface area (Å²) in [6.45, 7) is 0. The highest BCUT2D eigenvalue weighted by Crippen LogP contribution is 2.48. The molecule has 0 saturated heterocycles. The van der Waals surface area contributed by atoms with Crippen LogP contribution in [-0.4, -0.2) is 0 Å². The maximum atomic E-state index is 6.54. The summed E-state index contributed by atoms with van der Waals surface area (Å²) in [7, 11) is 0. The van der Waals surface area contributed by atoms with Gasteiger partial charge in [-0.2, -0.15) is 0 Å². The molecule has 0 atom stereocenters. The average Bonchev–Trinajstić information content (AvgIpc) is 3.85. The van der Waals surface area contributed by atoms with E-state index in [-0.39, 0.29) is 0 Å². The molecular formula is C56H32O2. The van der Waals surface area contributed by atoms with Gasteiger partial charge in [0.25, 0.3) is 0 Å². The van der Waals surface area contributed by atoms with E-state index in [0.717, 1.165) is 60.2 Å². The fourth-order valence-corrected chi connectivity index (χ4v) is 9.87. The van der Waals surface area contributed by atoms with Crippen LogP contribution in [0.3, 0.4) is 0 Å².